The zero-order chi connectivity index (χ0) is 20.6. The molecular formula is C24H32N2O3. The van der Waals surface area contributed by atoms with Gasteiger partial charge in [-0.2, -0.15) is 0 Å². The second-order valence-corrected chi connectivity index (χ2v) is 9.87. The summed E-state index contributed by atoms with van der Waals surface area (Å²) in [6.45, 7) is 8.95. The van der Waals surface area contributed by atoms with Crippen LogP contribution in [0, 0.1) is 17.3 Å². The van der Waals surface area contributed by atoms with Crippen LogP contribution in [0.1, 0.15) is 52.1 Å². The van der Waals surface area contributed by atoms with Gasteiger partial charge in [-0.15, -0.1) is 0 Å². The SMILES string of the molecule is CC(C)(C)C1CCC(Oc2ccc3cc(CN4CC(C(=O)O)C4)ncc3c2)CC1. The smallest absolute Gasteiger partial charge is 0.309 e. The first-order valence-corrected chi connectivity index (χ1v) is 10.8. The summed E-state index contributed by atoms with van der Waals surface area (Å²) in [5, 5.41) is 11.2. The topological polar surface area (TPSA) is 62.7 Å². The lowest BCUT2D eigenvalue weighted by Gasteiger charge is -2.37. The van der Waals surface area contributed by atoms with Crippen LogP contribution in [0.3, 0.4) is 0 Å². The number of nitrogens with zero attached hydrogens (tertiary/aromatic N) is 2. The van der Waals surface area contributed by atoms with Gasteiger partial charge >= 0.3 is 5.97 Å². The molecule has 0 amide bonds. The molecule has 156 valence electrons. The van der Waals surface area contributed by atoms with Crippen LogP contribution in [0.5, 0.6) is 5.75 Å². The molecular weight excluding hydrogens is 364 g/mol. The molecule has 5 nitrogen and oxygen atoms in total. The summed E-state index contributed by atoms with van der Waals surface area (Å²) in [5.41, 5.74) is 1.37. The van der Waals surface area contributed by atoms with E-state index in [2.05, 4.69) is 54.9 Å². The van der Waals surface area contributed by atoms with Crippen molar-refractivity contribution in [2.24, 2.45) is 17.3 Å². The molecule has 2 aliphatic rings. The Labute approximate surface area is 173 Å². The Balaban J connectivity index is 1.35. The predicted octanol–water partition coefficient (Wildman–Crippen LogP) is 4.73. The molecule has 29 heavy (non-hydrogen) atoms. The molecule has 2 heterocycles. The molecule has 1 aromatic carbocycles. The third-order valence-electron chi connectivity index (χ3n) is 6.64. The lowest BCUT2D eigenvalue weighted by atomic mass is 9.72. The monoisotopic (exact) mass is 396 g/mol. The minimum Gasteiger partial charge on any atom is -0.490 e. The number of benzene rings is 1. The van der Waals surface area contributed by atoms with Crippen molar-refractivity contribution in [3.8, 4) is 5.75 Å². The fourth-order valence-electron chi connectivity index (χ4n) is 4.65. The molecule has 0 atom stereocenters. The summed E-state index contributed by atoms with van der Waals surface area (Å²) < 4.78 is 6.29. The van der Waals surface area contributed by atoms with E-state index in [0.717, 1.165) is 41.0 Å². The average Bonchev–Trinajstić information content (AvgIpc) is 2.63. The highest BCUT2D eigenvalue weighted by atomic mass is 16.5. The van der Waals surface area contributed by atoms with Crippen LogP contribution in [-0.4, -0.2) is 40.2 Å². The highest BCUT2D eigenvalue weighted by Gasteiger charge is 2.32. The van der Waals surface area contributed by atoms with E-state index in [4.69, 9.17) is 9.84 Å². The van der Waals surface area contributed by atoms with Gasteiger partial charge in [-0.1, -0.05) is 26.8 Å². The third-order valence-corrected chi connectivity index (χ3v) is 6.64. The van der Waals surface area contributed by atoms with Gasteiger partial charge in [0.25, 0.3) is 0 Å². The molecule has 1 aliphatic heterocycles. The number of fused-ring (bicyclic) bond motifs is 1. The van der Waals surface area contributed by atoms with E-state index >= 15 is 0 Å². The van der Waals surface area contributed by atoms with Crippen LogP contribution >= 0.6 is 0 Å². The summed E-state index contributed by atoms with van der Waals surface area (Å²) in [5.74, 6) is 0.790. The number of aliphatic carboxylic acids is 1. The summed E-state index contributed by atoms with van der Waals surface area (Å²) >= 11 is 0. The molecule has 0 bridgehead atoms. The van der Waals surface area contributed by atoms with E-state index < -0.39 is 5.97 Å². The van der Waals surface area contributed by atoms with Gasteiger partial charge in [0.1, 0.15) is 5.75 Å². The number of carboxylic acid groups (broad SMARTS) is 1. The van der Waals surface area contributed by atoms with Crippen LogP contribution in [0.25, 0.3) is 10.8 Å². The number of aromatic nitrogens is 1. The summed E-state index contributed by atoms with van der Waals surface area (Å²) in [7, 11) is 0. The minimum atomic E-state index is -0.702. The Morgan fingerprint density at radius 1 is 1.14 bits per heavy atom. The quantitative estimate of drug-likeness (QED) is 0.791. The molecule has 1 saturated carbocycles. The number of hydrogen-bond donors (Lipinski definition) is 1. The molecule has 2 aromatic rings. The van der Waals surface area contributed by atoms with Gasteiger partial charge in [0.05, 0.1) is 17.7 Å². The summed E-state index contributed by atoms with van der Waals surface area (Å²) in [4.78, 5) is 17.6. The molecule has 0 unspecified atom stereocenters. The van der Waals surface area contributed by atoms with E-state index in [1.54, 1.807) is 0 Å². The molecule has 1 aliphatic carbocycles. The van der Waals surface area contributed by atoms with E-state index in [0.29, 0.717) is 31.2 Å². The van der Waals surface area contributed by atoms with Crippen LogP contribution in [0.4, 0.5) is 0 Å². The maximum atomic E-state index is 10.9. The molecule has 0 radical (unpaired) electrons. The molecule has 4 rings (SSSR count). The standard InChI is InChI=1S/C24H32N2O3/c1-24(2,3)19-5-8-21(9-6-19)29-22-7-4-16-10-20(25-12-17(16)11-22)15-26-13-18(14-26)23(27)28/h4,7,10-12,18-19,21H,5-6,8-9,13-15H2,1-3H3,(H,27,28). The second kappa shape index (κ2) is 7.94. The van der Waals surface area contributed by atoms with Gasteiger partial charge in [-0.3, -0.25) is 14.7 Å². The van der Waals surface area contributed by atoms with Gasteiger partial charge in [0.2, 0.25) is 0 Å². The lowest BCUT2D eigenvalue weighted by Crippen LogP contribution is -2.49. The van der Waals surface area contributed by atoms with Crippen LogP contribution in [-0.2, 0) is 11.3 Å². The number of carbonyl (C=O) groups is 1. The Morgan fingerprint density at radius 3 is 2.52 bits per heavy atom. The fraction of sp³-hybridized carbons (Fsp3) is 0.583. The van der Waals surface area contributed by atoms with Gasteiger partial charge < -0.3 is 9.84 Å². The first-order valence-electron chi connectivity index (χ1n) is 10.8. The summed E-state index contributed by atoms with van der Waals surface area (Å²) in [6.07, 6.45) is 6.96. The fourth-order valence-corrected chi connectivity index (χ4v) is 4.65. The van der Waals surface area contributed by atoms with Gasteiger partial charge in [-0.25, -0.2) is 0 Å². The average molecular weight is 397 g/mol. The Bertz CT molecular complexity index is 875. The third kappa shape index (κ3) is 4.72. The molecule has 5 heteroatoms. The maximum absolute atomic E-state index is 10.9. The largest absolute Gasteiger partial charge is 0.490 e. The van der Waals surface area contributed by atoms with E-state index in [-0.39, 0.29) is 5.92 Å². The highest BCUT2D eigenvalue weighted by molar-refractivity contribution is 5.83. The van der Waals surface area contributed by atoms with Crippen molar-refractivity contribution >= 4 is 16.7 Å². The van der Waals surface area contributed by atoms with Crippen molar-refractivity contribution in [2.45, 2.75) is 59.1 Å². The molecule has 1 saturated heterocycles. The highest BCUT2D eigenvalue weighted by Crippen LogP contribution is 2.39. The van der Waals surface area contributed by atoms with E-state index in [1.807, 2.05) is 6.20 Å². The normalized spacial score (nSPS) is 23.7. The molecule has 1 aromatic heterocycles. The Hall–Kier alpha value is -2.14. The van der Waals surface area contributed by atoms with Crippen LogP contribution < -0.4 is 4.74 Å². The van der Waals surface area contributed by atoms with Gasteiger partial charge in [0.15, 0.2) is 0 Å². The first kappa shape index (κ1) is 20.1. The number of ether oxygens (including phenoxy) is 1. The Morgan fingerprint density at radius 2 is 1.86 bits per heavy atom. The Kier molecular flexibility index (Phi) is 5.52. The van der Waals surface area contributed by atoms with Crippen molar-refractivity contribution in [2.75, 3.05) is 13.1 Å². The minimum absolute atomic E-state index is 0.228. The van der Waals surface area contributed by atoms with Crippen molar-refractivity contribution in [3.05, 3.63) is 36.2 Å². The second-order valence-electron chi connectivity index (χ2n) is 9.87. The van der Waals surface area contributed by atoms with Crippen molar-refractivity contribution in [1.82, 2.24) is 9.88 Å². The molecule has 2 fully saturated rings. The van der Waals surface area contributed by atoms with Crippen molar-refractivity contribution in [3.63, 3.8) is 0 Å². The van der Waals surface area contributed by atoms with E-state index in [1.165, 1.54) is 12.8 Å². The maximum Gasteiger partial charge on any atom is 0.309 e. The van der Waals surface area contributed by atoms with Crippen molar-refractivity contribution in [1.29, 1.82) is 0 Å². The molecule has 1 N–H and O–H groups in total. The van der Waals surface area contributed by atoms with Crippen LogP contribution in [0.15, 0.2) is 30.5 Å². The number of rotatable bonds is 5. The number of carboxylic acids is 1. The van der Waals surface area contributed by atoms with E-state index in [9.17, 15) is 4.79 Å². The lowest BCUT2D eigenvalue weighted by molar-refractivity contribution is -0.147. The van der Waals surface area contributed by atoms with Gasteiger partial charge in [0, 0.05) is 31.2 Å². The summed E-state index contributed by atoms with van der Waals surface area (Å²) in [6, 6.07) is 8.35. The number of pyridine rings is 1. The number of hydrogen-bond acceptors (Lipinski definition) is 4. The number of likely N-dealkylation sites (tertiary alicyclic amines) is 1. The van der Waals surface area contributed by atoms with Crippen LogP contribution in [0.2, 0.25) is 0 Å². The first-order chi connectivity index (χ1) is 13.8. The zero-order valence-electron chi connectivity index (χ0n) is 17.7. The van der Waals surface area contributed by atoms with Crippen molar-refractivity contribution < 1.29 is 14.6 Å². The predicted molar refractivity (Wildman–Crippen MR) is 114 cm³/mol. The van der Waals surface area contributed by atoms with Gasteiger partial charge in [-0.05, 0) is 60.6 Å². The zero-order valence-corrected chi connectivity index (χ0v) is 17.7. The molecule has 0 spiro atoms.